The molecule has 2 aromatic heterocycles. The molecular weight excluding hydrogens is 451 g/mol. The molecule has 0 aromatic carbocycles. The van der Waals surface area contributed by atoms with Crippen LogP contribution in [-0.2, 0) is 20.9 Å². The fraction of sp³-hybridized carbons (Fsp3) is 0.385. The monoisotopic (exact) mass is 463 g/mol. The first kappa shape index (κ1) is 22.2. The number of hydrogen-bond donors (Lipinski definition) is 2. The average molecular weight is 463 g/mol. The van der Waals surface area contributed by atoms with E-state index in [2.05, 4.69) is 31.0 Å². The summed E-state index contributed by atoms with van der Waals surface area (Å²) < 4.78 is 1.96. The van der Waals surface area contributed by atoms with Crippen LogP contribution >= 0.6 is 34.9 Å². The molecule has 2 aliphatic rings. The maximum atomic E-state index is 12.6. The minimum absolute atomic E-state index is 0. The molecule has 2 aromatic rings. The van der Waals surface area contributed by atoms with Gasteiger partial charge < -0.3 is 10.4 Å². The Bertz CT molecular complexity index is 938. The molecule has 0 bridgehead atoms. The Kier molecular flexibility index (Phi) is 7.28. The maximum absolute atomic E-state index is 12.6. The molecule has 147 valence electrons. The minimum Gasteiger partial charge on any atom is -0.477 e. The average Bonchev–Trinajstić information content (AvgIpc) is 3.37. The number of carboxylic acid groups (broad SMARTS) is 1. The number of thioether (sulfide) groups is 2. The number of aliphatic carboxylic acids is 1. The Balaban J connectivity index is 0.00000240. The first-order valence-corrected chi connectivity index (χ1v) is 10.7. The summed E-state index contributed by atoms with van der Waals surface area (Å²) in [5.41, 5.74) is 2.22. The van der Waals surface area contributed by atoms with Gasteiger partial charge in [0.1, 0.15) is 35.5 Å². The van der Waals surface area contributed by atoms with Crippen LogP contribution < -0.4 is 5.32 Å². The van der Waals surface area contributed by atoms with Crippen LogP contribution in [0.25, 0.3) is 0 Å². The quantitative estimate of drug-likeness (QED) is 0.285. The largest absolute Gasteiger partial charge is 0.477 e. The zero-order chi connectivity index (χ0) is 19.7. The van der Waals surface area contributed by atoms with E-state index >= 15 is 0 Å². The number of carboxylic acids is 1. The van der Waals surface area contributed by atoms with Gasteiger partial charge in [0.05, 0.1) is 0 Å². The van der Waals surface area contributed by atoms with Crippen molar-refractivity contribution in [2.75, 3.05) is 11.5 Å². The molecule has 2 atom stereocenters. The summed E-state index contributed by atoms with van der Waals surface area (Å²) in [6.07, 6.45) is 1.29. The molecule has 1 saturated heterocycles. The molecular formula is C13H12N8NaO4S3. The van der Waals surface area contributed by atoms with Crippen LogP contribution in [0, 0.1) is 0 Å². The number of nitrogens with zero attached hydrogens (tertiary/aromatic N) is 7. The first-order valence-electron chi connectivity index (χ1n) is 7.83. The molecule has 1 radical (unpaired) electrons. The molecule has 4 heterocycles. The number of aromatic nitrogens is 6. The molecule has 2 N–H and O–H groups in total. The van der Waals surface area contributed by atoms with Gasteiger partial charge in [-0.3, -0.25) is 14.5 Å². The van der Waals surface area contributed by atoms with E-state index in [1.165, 1.54) is 50.8 Å². The number of β-lactam (4-membered cyclic amide) rings is 1. The number of fused-ring (bicyclic) bond motifs is 1. The summed E-state index contributed by atoms with van der Waals surface area (Å²) in [7, 11) is 0. The molecule has 4 rings (SSSR count). The van der Waals surface area contributed by atoms with Crippen LogP contribution in [0.5, 0.6) is 0 Å². The minimum atomic E-state index is -1.16. The standard InChI is InChI=1S/C13H12N8O4S3.Na/c22-7(1-20-4-14-18-19-20)16-8-10(23)21-9(12(24)25)6(2-26-11(8)21)3-27-13-17-15-5-28-13;/h4-5,8,11H,1-3H2,(H,16,22)(H,24,25);/t8-,11-;/m1./s1. The van der Waals surface area contributed by atoms with Crippen molar-refractivity contribution in [3.63, 3.8) is 0 Å². The van der Waals surface area contributed by atoms with Gasteiger partial charge in [-0.15, -0.1) is 27.1 Å². The van der Waals surface area contributed by atoms with E-state index in [9.17, 15) is 19.5 Å². The summed E-state index contributed by atoms with van der Waals surface area (Å²) in [4.78, 5) is 37.7. The van der Waals surface area contributed by atoms with Crippen molar-refractivity contribution in [3.05, 3.63) is 23.1 Å². The Morgan fingerprint density at radius 2 is 2.21 bits per heavy atom. The molecule has 2 aliphatic heterocycles. The molecule has 0 unspecified atom stereocenters. The van der Waals surface area contributed by atoms with E-state index in [0.29, 0.717) is 17.1 Å². The second-order valence-corrected chi connectivity index (χ2v) is 8.87. The molecule has 0 saturated carbocycles. The Morgan fingerprint density at radius 1 is 1.38 bits per heavy atom. The molecule has 12 nitrogen and oxygen atoms in total. The van der Waals surface area contributed by atoms with Crippen LogP contribution in [0.4, 0.5) is 0 Å². The number of carbonyl (C=O) groups excluding carboxylic acids is 2. The fourth-order valence-corrected chi connectivity index (χ4v) is 5.76. The van der Waals surface area contributed by atoms with Gasteiger partial charge in [0.2, 0.25) is 5.91 Å². The summed E-state index contributed by atoms with van der Waals surface area (Å²) in [6, 6.07) is -0.777. The van der Waals surface area contributed by atoms with Crippen molar-refractivity contribution in [2.45, 2.75) is 22.3 Å². The molecule has 16 heteroatoms. The number of hydrogen-bond acceptors (Lipinski definition) is 11. The van der Waals surface area contributed by atoms with Crippen LogP contribution in [0.15, 0.2) is 27.4 Å². The van der Waals surface area contributed by atoms with Crippen molar-refractivity contribution in [1.29, 1.82) is 0 Å². The van der Waals surface area contributed by atoms with E-state index in [4.69, 9.17) is 0 Å². The Labute approximate surface area is 198 Å². The molecule has 1 fully saturated rings. The van der Waals surface area contributed by atoms with Gasteiger partial charge in [-0.05, 0) is 16.0 Å². The zero-order valence-corrected chi connectivity index (χ0v) is 19.4. The van der Waals surface area contributed by atoms with E-state index in [0.717, 1.165) is 4.34 Å². The molecule has 0 spiro atoms. The van der Waals surface area contributed by atoms with Crippen LogP contribution in [-0.4, -0.2) is 111 Å². The van der Waals surface area contributed by atoms with Crippen LogP contribution in [0.1, 0.15) is 0 Å². The first-order chi connectivity index (χ1) is 13.5. The van der Waals surface area contributed by atoms with Gasteiger partial charge in [-0.1, -0.05) is 23.1 Å². The molecule has 29 heavy (non-hydrogen) atoms. The third-order valence-electron chi connectivity index (χ3n) is 3.97. The van der Waals surface area contributed by atoms with Crippen LogP contribution in [0.2, 0.25) is 0 Å². The van der Waals surface area contributed by atoms with E-state index in [-0.39, 0.29) is 41.8 Å². The van der Waals surface area contributed by atoms with E-state index in [1.807, 2.05) is 0 Å². The predicted octanol–water partition coefficient (Wildman–Crippen LogP) is -1.33. The van der Waals surface area contributed by atoms with E-state index in [1.54, 1.807) is 5.51 Å². The van der Waals surface area contributed by atoms with Gasteiger partial charge >= 0.3 is 5.97 Å². The SMILES string of the molecule is O=C(Cn1cnnn1)N[C@@H]1C(=O)N2C(C(=O)O)=C(CSc3nncs3)CS[C@H]12.[Na]. The summed E-state index contributed by atoms with van der Waals surface area (Å²) in [5, 5.41) is 29.9. The Hall–Kier alpha value is -1.52. The zero-order valence-electron chi connectivity index (χ0n) is 15.0. The second-order valence-electron chi connectivity index (χ2n) is 5.71. The third kappa shape index (κ3) is 4.64. The van der Waals surface area contributed by atoms with Crippen molar-refractivity contribution in [1.82, 2.24) is 40.6 Å². The van der Waals surface area contributed by atoms with Crippen molar-refractivity contribution in [2.24, 2.45) is 0 Å². The third-order valence-corrected chi connectivity index (χ3v) is 7.26. The summed E-state index contributed by atoms with van der Waals surface area (Å²) >= 11 is 4.16. The van der Waals surface area contributed by atoms with Crippen LogP contribution in [0.3, 0.4) is 0 Å². The van der Waals surface area contributed by atoms with E-state index < -0.39 is 29.2 Å². The topological polar surface area (TPSA) is 156 Å². The normalized spacial score (nSPS) is 20.6. The van der Waals surface area contributed by atoms with Gasteiger partial charge in [0, 0.05) is 41.1 Å². The number of amides is 2. The Morgan fingerprint density at radius 3 is 2.86 bits per heavy atom. The number of tetrazole rings is 1. The van der Waals surface area contributed by atoms with Crippen molar-refractivity contribution < 1.29 is 19.5 Å². The fourth-order valence-electron chi connectivity index (χ4n) is 2.79. The second kappa shape index (κ2) is 9.53. The molecule has 2 amide bonds. The van der Waals surface area contributed by atoms with Gasteiger partial charge in [-0.25, -0.2) is 9.48 Å². The molecule has 0 aliphatic carbocycles. The number of carbonyl (C=O) groups is 3. The maximum Gasteiger partial charge on any atom is 0.352 e. The summed E-state index contributed by atoms with van der Waals surface area (Å²) in [6.45, 7) is -0.125. The predicted molar refractivity (Wildman–Crippen MR) is 104 cm³/mol. The number of nitrogens with one attached hydrogen (secondary N) is 1. The van der Waals surface area contributed by atoms with Gasteiger partial charge in [0.15, 0.2) is 4.34 Å². The smallest absolute Gasteiger partial charge is 0.352 e. The van der Waals surface area contributed by atoms with Gasteiger partial charge in [-0.2, -0.15) is 0 Å². The summed E-state index contributed by atoms with van der Waals surface area (Å²) in [5.74, 6) is -1.19. The number of rotatable bonds is 7. The van der Waals surface area contributed by atoms with Gasteiger partial charge in [0.25, 0.3) is 5.91 Å². The van der Waals surface area contributed by atoms with Crippen molar-refractivity contribution in [3.8, 4) is 0 Å². The van der Waals surface area contributed by atoms with Crippen molar-refractivity contribution >= 4 is 82.2 Å².